The Morgan fingerprint density at radius 2 is 1.90 bits per heavy atom. The normalized spacial score (nSPS) is 14.5. The van der Waals surface area contributed by atoms with Crippen molar-refractivity contribution in [3.8, 4) is 0 Å². The molecular formula is C23H26N4O2S. The summed E-state index contributed by atoms with van der Waals surface area (Å²) in [5, 5.41) is 1.96. The van der Waals surface area contributed by atoms with Crippen molar-refractivity contribution in [2.24, 2.45) is 0 Å². The second-order valence-corrected chi connectivity index (χ2v) is 8.33. The zero-order valence-corrected chi connectivity index (χ0v) is 18.0. The number of anilines is 1. The molecule has 4 heterocycles. The van der Waals surface area contributed by atoms with Crippen LogP contribution in [0.4, 0.5) is 5.82 Å². The highest BCUT2D eigenvalue weighted by Gasteiger charge is 2.23. The van der Waals surface area contributed by atoms with Crippen LogP contribution in [0.3, 0.4) is 0 Å². The minimum atomic E-state index is -0.123. The lowest BCUT2D eigenvalue weighted by Gasteiger charge is -2.23. The predicted octanol–water partition coefficient (Wildman–Crippen LogP) is 3.98. The zero-order valence-electron chi connectivity index (χ0n) is 17.2. The van der Waals surface area contributed by atoms with Gasteiger partial charge in [0.05, 0.1) is 4.88 Å². The Morgan fingerprint density at radius 3 is 2.67 bits per heavy atom. The smallest absolute Gasteiger partial charge is 0.264 e. The molecule has 0 aliphatic carbocycles. The maximum atomic E-state index is 12.9. The van der Waals surface area contributed by atoms with Crippen LogP contribution in [0, 0.1) is 13.8 Å². The first kappa shape index (κ1) is 20.2. The molecule has 3 aromatic rings. The quantitative estimate of drug-likeness (QED) is 0.595. The second kappa shape index (κ2) is 8.75. The van der Waals surface area contributed by atoms with Crippen LogP contribution in [0.15, 0.2) is 48.0 Å². The van der Waals surface area contributed by atoms with Gasteiger partial charge in [-0.25, -0.2) is 4.98 Å². The summed E-state index contributed by atoms with van der Waals surface area (Å²) in [5.74, 6) is 0.750. The maximum absolute atomic E-state index is 12.9. The summed E-state index contributed by atoms with van der Waals surface area (Å²) in [6.07, 6.45) is 2.54. The van der Waals surface area contributed by atoms with E-state index in [0.717, 1.165) is 35.8 Å². The Labute approximate surface area is 181 Å². The van der Waals surface area contributed by atoms with E-state index in [0.29, 0.717) is 30.0 Å². The Kier molecular flexibility index (Phi) is 5.90. The molecule has 0 aromatic carbocycles. The van der Waals surface area contributed by atoms with Crippen LogP contribution >= 0.6 is 11.3 Å². The molecule has 1 fully saturated rings. The van der Waals surface area contributed by atoms with Gasteiger partial charge < -0.3 is 9.80 Å². The van der Waals surface area contributed by atoms with Gasteiger partial charge in [-0.2, -0.15) is 0 Å². The third-order valence-corrected chi connectivity index (χ3v) is 6.39. The van der Waals surface area contributed by atoms with Crippen molar-refractivity contribution in [1.29, 1.82) is 0 Å². The van der Waals surface area contributed by atoms with E-state index in [1.54, 1.807) is 24.4 Å². The highest BCUT2D eigenvalue weighted by atomic mass is 32.1. The van der Waals surface area contributed by atoms with E-state index in [1.807, 2.05) is 42.3 Å². The molecule has 1 aliphatic heterocycles. The monoisotopic (exact) mass is 422 g/mol. The van der Waals surface area contributed by atoms with E-state index in [-0.39, 0.29) is 13.1 Å². The molecule has 0 bridgehead atoms. The Balaban J connectivity index is 0.00000272. The number of pyridine rings is 2. The summed E-state index contributed by atoms with van der Waals surface area (Å²) in [7, 11) is 0. The molecule has 7 heteroatoms. The standard InChI is InChI=1S/C23H24N4O2S.H2/c1-16-9-15-30-22(16)23(29)27-12-5-11-26(13-14-27)20-8-3-7-19(25-20)21(28)18-6-4-10-24-17(18)2;/h3-4,6-10,15H,5,11-14H2,1-2H3;1H. The fourth-order valence-corrected chi connectivity index (χ4v) is 4.57. The molecule has 4 rings (SSSR count). The Morgan fingerprint density at radius 1 is 1.03 bits per heavy atom. The van der Waals surface area contributed by atoms with E-state index >= 15 is 0 Å². The van der Waals surface area contributed by atoms with Crippen molar-refractivity contribution < 1.29 is 11.0 Å². The summed E-state index contributed by atoms with van der Waals surface area (Å²) < 4.78 is 0. The molecule has 0 saturated carbocycles. The van der Waals surface area contributed by atoms with Gasteiger partial charge in [-0.3, -0.25) is 14.6 Å². The van der Waals surface area contributed by atoms with Crippen molar-refractivity contribution in [1.82, 2.24) is 14.9 Å². The van der Waals surface area contributed by atoms with Crippen LogP contribution in [0.5, 0.6) is 0 Å². The molecule has 3 aromatic heterocycles. The summed E-state index contributed by atoms with van der Waals surface area (Å²) in [6, 6.07) is 11.1. The van der Waals surface area contributed by atoms with Gasteiger partial charge in [0.15, 0.2) is 0 Å². The third-order valence-electron chi connectivity index (χ3n) is 5.38. The molecule has 1 aliphatic rings. The first-order valence-corrected chi connectivity index (χ1v) is 10.9. The number of nitrogens with zero attached hydrogens (tertiary/aromatic N) is 4. The molecule has 0 radical (unpaired) electrons. The largest absolute Gasteiger partial charge is 0.355 e. The zero-order chi connectivity index (χ0) is 21.1. The molecule has 1 amide bonds. The molecule has 0 unspecified atom stereocenters. The predicted molar refractivity (Wildman–Crippen MR) is 121 cm³/mol. The number of aryl methyl sites for hydroxylation is 2. The van der Waals surface area contributed by atoms with Crippen LogP contribution in [-0.2, 0) is 0 Å². The van der Waals surface area contributed by atoms with Gasteiger partial charge in [0.1, 0.15) is 11.5 Å². The van der Waals surface area contributed by atoms with Crippen LogP contribution in [0.1, 0.15) is 44.8 Å². The molecule has 156 valence electrons. The Hall–Kier alpha value is -3.06. The summed E-state index contributed by atoms with van der Waals surface area (Å²) in [4.78, 5) is 39.5. The fraction of sp³-hybridized carbons (Fsp3) is 0.304. The third kappa shape index (κ3) is 4.11. The number of rotatable bonds is 4. The summed E-state index contributed by atoms with van der Waals surface area (Å²) in [5.41, 5.74) is 2.71. The van der Waals surface area contributed by atoms with Crippen LogP contribution in [0.25, 0.3) is 0 Å². The molecule has 0 atom stereocenters. The van der Waals surface area contributed by atoms with E-state index in [2.05, 4.69) is 14.9 Å². The van der Waals surface area contributed by atoms with Gasteiger partial charge in [0, 0.05) is 45.1 Å². The number of hydrogen-bond acceptors (Lipinski definition) is 6. The van der Waals surface area contributed by atoms with Crippen molar-refractivity contribution in [2.75, 3.05) is 31.1 Å². The van der Waals surface area contributed by atoms with Gasteiger partial charge in [0.2, 0.25) is 5.78 Å². The number of amides is 1. The first-order valence-electron chi connectivity index (χ1n) is 10.1. The van der Waals surface area contributed by atoms with E-state index in [4.69, 9.17) is 0 Å². The highest BCUT2D eigenvalue weighted by Crippen LogP contribution is 2.21. The average molecular weight is 423 g/mol. The van der Waals surface area contributed by atoms with E-state index in [9.17, 15) is 9.59 Å². The second-order valence-electron chi connectivity index (χ2n) is 7.41. The summed E-state index contributed by atoms with van der Waals surface area (Å²) >= 11 is 1.50. The number of hydrogen-bond donors (Lipinski definition) is 0. The number of aromatic nitrogens is 2. The van der Waals surface area contributed by atoms with Crippen molar-refractivity contribution in [3.05, 3.63) is 75.4 Å². The average Bonchev–Trinajstić information content (AvgIpc) is 3.04. The number of thiophene rings is 1. The van der Waals surface area contributed by atoms with Crippen LogP contribution < -0.4 is 4.90 Å². The van der Waals surface area contributed by atoms with Gasteiger partial charge in [-0.05, 0) is 61.5 Å². The lowest BCUT2D eigenvalue weighted by atomic mass is 10.1. The fourth-order valence-electron chi connectivity index (χ4n) is 3.67. The highest BCUT2D eigenvalue weighted by molar-refractivity contribution is 7.12. The lowest BCUT2D eigenvalue weighted by Crippen LogP contribution is -2.35. The minimum absolute atomic E-state index is 0. The summed E-state index contributed by atoms with van der Waals surface area (Å²) in [6.45, 7) is 6.64. The van der Waals surface area contributed by atoms with Gasteiger partial charge in [0.25, 0.3) is 5.91 Å². The molecule has 0 N–H and O–H groups in total. The van der Waals surface area contributed by atoms with Crippen molar-refractivity contribution >= 4 is 28.8 Å². The number of carbonyl (C=O) groups is 2. The molecule has 6 nitrogen and oxygen atoms in total. The minimum Gasteiger partial charge on any atom is -0.355 e. The number of ketones is 1. The molecule has 0 spiro atoms. The lowest BCUT2D eigenvalue weighted by molar-refractivity contribution is 0.0771. The van der Waals surface area contributed by atoms with Gasteiger partial charge >= 0.3 is 0 Å². The van der Waals surface area contributed by atoms with Crippen LogP contribution in [-0.4, -0.2) is 52.7 Å². The topological polar surface area (TPSA) is 66.4 Å². The molecule has 30 heavy (non-hydrogen) atoms. The van der Waals surface area contributed by atoms with E-state index < -0.39 is 0 Å². The maximum Gasteiger partial charge on any atom is 0.264 e. The van der Waals surface area contributed by atoms with Gasteiger partial charge in [-0.1, -0.05) is 6.07 Å². The van der Waals surface area contributed by atoms with Crippen molar-refractivity contribution in [3.63, 3.8) is 0 Å². The van der Waals surface area contributed by atoms with E-state index in [1.165, 1.54) is 11.3 Å². The SMILES string of the molecule is Cc1ccsc1C(=O)N1CCCN(c2cccc(C(=O)c3cccnc3C)n2)CC1.[HH]. The number of carbonyl (C=O) groups excluding carboxylic acids is 2. The van der Waals surface area contributed by atoms with Crippen LogP contribution in [0.2, 0.25) is 0 Å². The van der Waals surface area contributed by atoms with Crippen molar-refractivity contribution in [2.45, 2.75) is 20.3 Å². The first-order chi connectivity index (χ1) is 14.5. The Bertz CT molecular complexity index is 1080. The molecular weight excluding hydrogens is 396 g/mol. The molecule has 1 saturated heterocycles. The van der Waals surface area contributed by atoms with Gasteiger partial charge in [-0.15, -0.1) is 11.3 Å².